The van der Waals surface area contributed by atoms with Crippen LogP contribution in [-0.2, 0) is 0 Å². The topological polar surface area (TPSA) is 91.4 Å². The number of rotatable bonds is 6. The van der Waals surface area contributed by atoms with E-state index in [1.54, 1.807) is 22.9 Å². The predicted octanol–water partition coefficient (Wildman–Crippen LogP) is 4.29. The van der Waals surface area contributed by atoms with Crippen LogP contribution in [-0.4, -0.2) is 31.0 Å². The van der Waals surface area contributed by atoms with Gasteiger partial charge in [0.15, 0.2) is 5.69 Å². The smallest absolute Gasteiger partial charge is 0.300 e. The van der Waals surface area contributed by atoms with Crippen molar-refractivity contribution < 1.29 is 4.74 Å². The van der Waals surface area contributed by atoms with Crippen molar-refractivity contribution in [2.45, 2.75) is 13.8 Å². The lowest BCUT2D eigenvalue weighted by atomic mass is 10.0. The molecule has 8 nitrogen and oxygen atoms in total. The largest absolute Gasteiger partial charge is 0.494 e. The van der Waals surface area contributed by atoms with Gasteiger partial charge in [-0.1, -0.05) is 59.9 Å². The number of nitrogens with zero attached hydrogens (tertiary/aromatic N) is 5. The highest BCUT2D eigenvalue weighted by molar-refractivity contribution is 7.15. The molecule has 0 bridgehead atoms. The number of para-hydroxylation sites is 1. The van der Waals surface area contributed by atoms with Gasteiger partial charge in [-0.3, -0.25) is 9.59 Å². The van der Waals surface area contributed by atoms with Gasteiger partial charge >= 0.3 is 5.56 Å². The van der Waals surface area contributed by atoms with E-state index >= 15 is 0 Å². The van der Waals surface area contributed by atoms with Gasteiger partial charge in [0.2, 0.25) is 4.96 Å². The fraction of sp³-hybridized carbons (Fsp3) is 0.100. The van der Waals surface area contributed by atoms with E-state index in [4.69, 9.17) is 9.84 Å². The van der Waals surface area contributed by atoms with Crippen molar-refractivity contribution in [1.82, 2.24) is 24.4 Å². The minimum Gasteiger partial charge on any atom is -0.494 e. The van der Waals surface area contributed by atoms with Crippen LogP contribution < -0.4 is 20.4 Å². The summed E-state index contributed by atoms with van der Waals surface area (Å²) in [4.78, 5) is 30.5. The summed E-state index contributed by atoms with van der Waals surface area (Å²) in [6.07, 6.45) is 3.67. The van der Waals surface area contributed by atoms with E-state index in [0.717, 1.165) is 39.5 Å². The minimum atomic E-state index is -0.476. The molecule has 192 valence electrons. The second kappa shape index (κ2) is 10.1. The predicted molar refractivity (Wildman–Crippen MR) is 153 cm³/mol. The maximum atomic E-state index is 13.4. The first-order valence-electron chi connectivity index (χ1n) is 12.4. The highest BCUT2D eigenvalue weighted by atomic mass is 32.1. The van der Waals surface area contributed by atoms with Crippen molar-refractivity contribution in [3.05, 3.63) is 121 Å². The third kappa shape index (κ3) is 4.64. The zero-order valence-electron chi connectivity index (χ0n) is 21.2. The first-order chi connectivity index (χ1) is 19.0. The molecule has 0 fully saturated rings. The maximum absolute atomic E-state index is 13.4. The molecule has 3 heterocycles. The summed E-state index contributed by atoms with van der Waals surface area (Å²) in [5.74, 6) is 0.816. The Labute approximate surface area is 227 Å². The number of thiazole rings is 1. The molecular weight excluding hydrogens is 510 g/mol. The first-order valence-corrected chi connectivity index (χ1v) is 13.2. The Balaban J connectivity index is 1.53. The van der Waals surface area contributed by atoms with E-state index in [2.05, 4.69) is 10.1 Å². The molecule has 6 aromatic rings. The van der Waals surface area contributed by atoms with Crippen molar-refractivity contribution in [2.24, 2.45) is 0 Å². The quantitative estimate of drug-likeness (QED) is 0.317. The van der Waals surface area contributed by atoms with E-state index in [0.29, 0.717) is 22.4 Å². The molecule has 0 aliphatic carbocycles. The third-order valence-corrected chi connectivity index (χ3v) is 7.19. The lowest BCUT2D eigenvalue weighted by molar-refractivity contribution is 0.338. The fourth-order valence-corrected chi connectivity index (χ4v) is 5.27. The van der Waals surface area contributed by atoms with Gasteiger partial charge in [0, 0.05) is 22.9 Å². The molecule has 3 aromatic carbocycles. The van der Waals surface area contributed by atoms with Crippen LogP contribution in [0.2, 0.25) is 0 Å². The third-order valence-electron chi connectivity index (χ3n) is 6.23. The second-order valence-electron chi connectivity index (χ2n) is 8.87. The highest BCUT2D eigenvalue weighted by Crippen LogP contribution is 2.29. The lowest BCUT2D eigenvalue weighted by Crippen LogP contribution is -2.26. The monoisotopic (exact) mass is 533 g/mol. The SMILES string of the molecule is CCOc1ccc(-c2nn(-c3ccccc3)cc2C=c2sc3nc(=O)c(-c4ccccc4)nn3c2=O)cc1C. The summed E-state index contributed by atoms with van der Waals surface area (Å²) in [6, 6.07) is 24.7. The molecule has 0 atom stereocenters. The van der Waals surface area contributed by atoms with Crippen molar-refractivity contribution >= 4 is 22.4 Å². The van der Waals surface area contributed by atoms with Crippen LogP contribution in [0.15, 0.2) is 94.6 Å². The van der Waals surface area contributed by atoms with E-state index in [-0.39, 0.29) is 16.2 Å². The van der Waals surface area contributed by atoms with Gasteiger partial charge in [0.25, 0.3) is 5.56 Å². The second-order valence-corrected chi connectivity index (χ2v) is 9.88. The Hall–Kier alpha value is -4.89. The van der Waals surface area contributed by atoms with E-state index in [1.807, 2.05) is 86.8 Å². The Kier molecular flexibility index (Phi) is 6.34. The zero-order chi connectivity index (χ0) is 26.9. The van der Waals surface area contributed by atoms with Gasteiger partial charge in [-0.15, -0.1) is 0 Å². The Morgan fingerprint density at radius 1 is 0.897 bits per heavy atom. The molecule has 9 heteroatoms. The van der Waals surface area contributed by atoms with E-state index in [1.165, 1.54) is 4.52 Å². The lowest BCUT2D eigenvalue weighted by Gasteiger charge is -2.08. The van der Waals surface area contributed by atoms with E-state index in [9.17, 15) is 9.59 Å². The molecule has 0 spiro atoms. The fourth-order valence-electron chi connectivity index (χ4n) is 4.37. The summed E-state index contributed by atoms with van der Waals surface area (Å²) in [6.45, 7) is 4.53. The van der Waals surface area contributed by atoms with Crippen LogP contribution in [0.25, 0.3) is 39.2 Å². The number of ether oxygens (including phenoxy) is 1. The van der Waals surface area contributed by atoms with Gasteiger partial charge < -0.3 is 4.74 Å². The maximum Gasteiger partial charge on any atom is 0.300 e. The Morgan fingerprint density at radius 2 is 1.64 bits per heavy atom. The molecule has 0 aliphatic heterocycles. The number of benzene rings is 3. The standard InChI is InChI=1S/C30H23N5O3S/c1-3-38-24-15-14-21(16-19(24)2)26-22(18-34(32-26)23-12-8-5-9-13-23)17-25-29(37)35-30(39-25)31-28(36)27(33-35)20-10-6-4-7-11-20/h4-18H,3H2,1-2H3. The van der Waals surface area contributed by atoms with Crippen LogP contribution in [0.4, 0.5) is 0 Å². The van der Waals surface area contributed by atoms with Gasteiger partial charge in [-0.2, -0.15) is 19.7 Å². The number of fused-ring (bicyclic) bond motifs is 1. The number of aromatic nitrogens is 5. The molecular formula is C30H23N5O3S. The molecule has 0 aliphatic rings. The molecule has 0 amide bonds. The van der Waals surface area contributed by atoms with Crippen LogP contribution in [0.3, 0.4) is 0 Å². The number of aryl methyl sites for hydroxylation is 1. The molecule has 0 saturated carbocycles. The van der Waals surface area contributed by atoms with Crippen molar-refractivity contribution in [2.75, 3.05) is 6.61 Å². The van der Waals surface area contributed by atoms with Gasteiger partial charge in [0.05, 0.1) is 16.8 Å². The molecule has 0 unspecified atom stereocenters. The van der Waals surface area contributed by atoms with Crippen LogP contribution >= 0.6 is 11.3 Å². The van der Waals surface area contributed by atoms with Gasteiger partial charge in [0.1, 0.15) is 11.4 Å². The van der Waals surface area contributed by atoms with Crippen LogP contribution in [0.1, 0.15) is 18.1 Å². The van der Waals surface area contributed by atoms with Crippen LogP contribution in [0.5, 0.6) is 5.75 Å². The van der Waals surface area contributed by atoms with Crippen LogP contribution in [0, 0.1) is 6.92 Å². The minimum absolute atomic E-state index is 0.136. The molecule has 0 saturated heterocycles. The molecule has 6 rings (SSSR count). The number of hydrogen-bond acceptors (Lipinski definition) is 7. The average molecular weight is 534 g/mol. The summed E-state index contributed by atoms with van der Waals surface area (Å²) in [7, 11) is 0. The first kappa shape index (κ1) is 24.4. The summed E-state index contributed by atoms with van der Waals surface area (Å²) in [5, 5.41) is 9.24. The zero-order valence-corrected chi connectivity index (χ0v) is 22.1. The van der Waals surface area contributed by atoms with Crippen molar-refractivity contribution in [3.8, 4) is 34.0 Å². The molecule has 3 aromatic heterocycles. The van der Waals surface area contributed by atoms with Gasteiger partial charge in [-0.05, 0) is 55.8 Å². The normalized spacial score (nSPS) is 11.8. The van der Waals surface area contributed by atoms with E-state index < -0.39 is 5.56 Å². The summed E-state index contributed by atoms with van der Waals surface area (Å²) >= 11 is 1.12. The highest BCUT2D eigenvalue weighted by Gasteiger charge is 2.16. The van der Waals surface area contributed by atoms with Gasteiger partial charge in [-0.25, -0.2) is 4.68 Å². The number of hydrogen-bond donors (Lipinski definition) is 0. The van der Waals surface area contributed by atoms with Crippen molar-refractivity contribution in [3.63, 3.8) is 0 Å². The Morgan fingerprint density at radius 3 is 2.36 bits per heavy atom. The average Bonchev–Trinajstić information content (AvgIpc) is 3.51. The summed E-state index contributed by atoms with van der Waals surface area (Å²) in [5.41, 5.74) is 4.15. The molecule has 0 radical (unpaired) electrons. The summed E-state index contributed by atoms with van der Waals surface area (Å²) < 4.78 is 9.10. The van der Waals surface area contributed by atoms with Crippen molar-refractivity contribution in [1.29, 1.82) is 0 Å². The molecule has 0 N–H and O–H groups in total. The Bertz CT molecular complexity index is 1980. The molecule has 39 heavy (non-hydrogen) atoms.